The van der Waals surface area contributed by atoms with Crippen LogP contribution in [0.1, 0.15) is 71.6 Å². The molecule has 4 aliphatic rings. The van der Waals surface area contributed by atoms with Crippen LogP contribution < -0.4 is 0 Å². The summed E-state index contributed by atoms with van der Waals surface area (Å²) in [5.74, 6) is 5.82. The van der Waals surface area contributed by atoms with E-state index in [2.05, 4.69) is 64.3 Å². The fraction of sp³-hybridized carbons (Fsp3) is 0.852. The van der Waals surface area contributed by atoms with Gasteiger partial charge in [-0.3, -0.25) is 0 Å². The van der Waals surface area contributed by atoms with Crippen LogP contribution in [0.15, 0.2) is 24.3 Å². The molecule has 0 bridgehead atoms. The van der Waals surface area contributed by atoms with Crippen LogP contribution in [0, 0.1) is 35.5 Å². The molecule has 0 radical (unpaired) electrons. The minimum atomic E-state index is -1.25. The van der Waals surface area contributed by atoms with Crippen LogP contribution in [-0.4, -0.2) is 15.2 Å². The topological polar surface area (TPSA) is 0 Å². The molecule has 0 aliphatic heterocycles. The molecule has 0 aromatic heterocycles. The average molecular weight is 429 g/mol. The van der Waals surface area contributed by atoms with Gasteiger partial charge in [0.15, 0.2) is 0 Å². The van der Waals surface area contributed by atoms with Crippen LogP contribution in [0.4, 0.5) is 0 Å². The van der Waals surface area contributed by atoms with E-state index in [-0.39, 0.29) is 0 Å². The third kappa shape index (κ3) is 3.83. The normalized spacial score (nSPS) is 42.1. The van der Waals surface area contributed by atoms with E-state index in [1.165, 1.54) is 38.5 Å². The van der Waals surface area contributed by atoms with Gasteiger partial charge in [-0.2, -0.15) is 0 Å². The molecule has 4 aliphatic carbocycles. The molecule has 0 aromatic rings. The molecule has 0 aromatic carbocycles. The number of fused-ring (bicyclic) bond motifs is 3. The Morgan fingerprint density at radius 2 is 1.59 bits per heavy atom. The first kappa shape index (κ1) is 22.1. The Balaban J connectivity index is 1.52. The van der Waals surface area contributed by atoms with Crippen LogP contribution in [-0.2, 0) is 0 Å². The minimum absolute atomic E-state index is 0.858. The molecule has 3 fully saturated rings. The smallest absolute Gasteiger partial charge is 0.0451 e. The molecule has 164 valence electrons. The van der Waals surface area contributed by atoms with Crippen LogP contribution in [0.2, 0.25) is 37.3 Å². The second-order valence-electron chi connectivity index (χ2n) is 12.6. The van der Waals surface area contributed by atoms with Crippen LogP contribution in [0.3, 0.4) is 0 Å². The van der Waals surface area contributed by atoms with Gasteiger partial charge in [0.25, 0.3) is 0 Å². The molecule has 8 unspecified atom stereocenters. The summed E-state index contributed by atoms with van der Waals surface area (Å²) >= 11 is 0. The molecule has 0 N–H and O–H groups in total. The molecule has 3 saturated carbocycles. The van der Waals surface area contributed by atoms with E-state index in [9.17, 15) is 0 Å². The van der Waals surface area contributed by atoms with Gasteiger partial charge in [0, 0.05) is 15.2 Å². The third-order valence-electron chi connectivity index (χ3n) is 10.9. The van der Waals surface area contributed by atoms with E-state index in [0.717, 1.165) is 46.6 Å². The van der Waals surface area contributed by atoms with Gasteiger partial charge in [0.05, 0.1) is 0 Å². The molecule has 4 rings (SSSR count). The summed E-state index contributed by atoms with van der Waals surface area (Å²) in [5, 5.41) is 0. The van der Waals surface area contributed by atoms with Crippen molar-refractivity contribution in [3.63, 3.8) is 0 Å². The maximum atomic E-state index is 2.88. The second-order valence-corrected chi connectivity index (χ2v) is 28.7. The Kier molecular flexibility index (Phi) is 6.45. The van der Waals surface area contributed by atoms with Crippen molar-refractivity contribution in [2.45, 2.75) is 109 Å². The van der Waals surface area contributed by atoms with E-state index in [1.54, 1.807) is 19.3 Å². The quantitative estimate of drug-likeness (QED) is 0.371. The Bertz CT molecular complexity index is 630. The molecular weight excluding hydrogens is 380 g/mol. The lowest BCUT2D eigenvalue weighted by Gasteiger charge is -2.51. The average Bonchev–Trinajstić information content (AvgIpc) is 3.30. The predicted molar refractivity (Wildman–Crippen MR) is 135 cm³/mol. The highest BCUT2D eigenvalue weighted by Crippen LogP contribution is 2.62. The first-order valence-electron chi connectivity index (χ1n) is 13.1. The molecule has 2 heteroatoms. The summed E-state index contributed by atoms with van der Waals surface area (Å²) in [5.41, 5.74) is 2.23. The number of hydrogen-bond donors (Lipinski definition) is 0. The van der Waals surface area contributed by atoms with Crippen molar-refractivity contribution < 1.29 is 0 Å². The van der Waals surface area contributed by atoms with Gasteiger partial charge >= 0.3 is 0 Å². The number of rotatable bonds is 6. The van der Waals surface area contributed by atoms with Crippen LogP contribution in [0.25, 0.3) is 0 Å². The highest BCUT2D eigenvalue weighted by molar-refractivity contribution is 7.41. The number of allylic oxidation sites excluding steroid dienone is 4. The molecule has 0 amide bonds. The summed E-state index contributed by atoms with van der Waals surface area (Å²) in [6.07, 6.45) is 23.4. The third-order valence-corrected chi connectivity index (χ3v) is 31.7. The van der Waals surface area contributed by atoms with Gasteiger partial charge in [-0.05, 0) is 65.9 Å². The lowest BCUT2D eigenvalue weighted by molar-refractivity contribution is 0.172. The zero-order chi connectivity index (χ0) is 20.8. The first-order chi connectivity index (χ1) is 13.8. The maximum Gasteiger partial charge on any atom is 0.0451 e. The molecule has 0 nitrogen and oxygen atoms in total. The summed E-state index contributed by atoms with van der Waals surface area (Å²) in [7, 11) is -2.45. The minimum Gasteiger partial charge on any atom is -0.0808 e. The Morgan fingerprint density at radius 3 is 2.34 bits per heavy atom. The molecular formula is C27H48Si2. The van der Waals surface area contributed by atoms with Crippen molar-refractivity contribution in [1.29, 1.82) is 0 Å². The van der Waals surface area contributed by atoms with Crippen molar-refractivity contribution in [3.05, 3.63) is 24.3 Å². The van der Waals surface area contributed by atoms with Crippen molar-refractivity contribution in [2.75, 3.05) is 0 Å². The maximum absolute atomic E-state index is 2.88. The van der Waals surface area contributed by atoms with Crippen molar-refractivity contribution in [2.24, 2.45) is 35.5 Å². The predicted octanol–water partition coefficient (Wildman–Crippen LogP) is 8.64. The second kappa shape index (κ2) is 8.45. The van der Waals surface area contributed by atoms with Gasteiger partial charge < -0.3 is 0 Å². The van der Waals surface area contributed by atoms with Gasteiger partial charge in [0.1, 0.15) is 0 Å². The van der Waals surface area contributed by atoms with Crippen LogP contribution in [0.5, 0.6) is 0 Å². The van der Waals surface area contributed by atoms with Crippen molar-refractivity contribution in [1.82, 2.24) is 0 Å². The molecule has 0 heterocycles. The molecule has 0 spiro atoms. The zero-order valence-electron chi connectivity index (χ0n) is 20.3. The van der Waals surface area contributed by atoms with Gasteiger partial charge in [-0.25, -0.2) is 0 Å². The SMILES string of the molecule is CCCCC1CCC([Si](C)(C)[Si](C)(C)C2C(C)CC3C4C=CC=CC4CCC32)C1. The lowest BCUT2D eigenvalue weighted by atomic mass is 9.66. The monoisotopic (exact) mass is 428 g/mol. The van der Waals surface area contributed by atoms with E-state index in [0.29, 0.717) is 0 Å². The fourth-order valence-corrected chi connectivity index (χ4v) is 23.5. The molecule has 8 atom stereocenters. The fourth-order valence-electron chi connectivity index (χ4n) is 8.77. The van der Waals surface area contributed by atoms with E-state index < -0.39 is 15.2 Å². The number of unbranched alkanes of at least 4 members (excludes halogenated alkanes) is 1. The van der Waals surface area contributed by atoms with E-state index in [1.807, 2.05) is 0 Å². The lowest BCUT2D eigenvalue weighted by Crippen LogP contribution is -2.62. The van der Waals surface area contributed by atoms with Crippen LogP contribution >= 0.6 is 0 Å². The summed E-state index contributed by atoms with van der Waals surface area (Å²) in [6.45, 7) is 16.5. The van der Waals surface area contributed by atoms with E-state index in [4.69, 9.17) is 0 Å². The molecule has 29 heavy (non-hydrogen) atoms. The van der Waals surface area contributed by atoms with Crippen molar-refractivity contribution in [3.8, 4) is 0 Å². The van der Waals surface area contributed by atoms with Gasteiger partial charge in [-0.15, -0.1) is 0 Å². The largest absolute Gasteiger partial charge is 0.0808 e. The zero-order valence-corrected chi connectivity index (χ0v) is 22.3. The van der Waals surface area contributed by atoms with Gasteiger partial charge in [-0.1, -0.05) is 103 Å². The first-order valence-corrected chi connectivity index (χ1v) is 20.3. The summed E-state index contributed by atoms with van der Waals surface area (Å²) < 4.78 is 0. The Labute approximate surface area is 183 Å². The number of hydrogen-bond acceptors (Lipinski definition) is 0. The summed E-state index contributed by atoms with van der Waals surface area (Å²) in [6, 6.07) is 0. The Morgan fingerprint density at radius 1 is 0.828 bits per heavy atom. The Hall–Kier alpha value is -0.0862. The van der Waals surface area contributed by atoms with Gasteiger partial charge in [0.2, 0.25) is 0 Å². The standard InChI is InChI=1S/C27H48Si2/c1-7-8-11-21-14-16-23(19-21)28(3,4)29(5,6)27-20(2)18-26-24-13-10-9-12-22(24)15-17-25(26)27/h9-10,12-13,20-27H,7-8,11,14-19H2,1-6H3. The highest BCUT2D eigenvalue weighted by Gasteiger charge is 2.59. The van der Waals surface area contributed by atoms with Crippen molar-refractivity contribution >= 4 is 15.2 Å². The molecule has 0 saturated heterocycles. The highest BCUT2D eigenvalue weighted by atomic mass is 29.3. The van der Waals surface area contributed by atoms with E-state index >= 15 is 0 Å². The summed E-state index contributed by atoms with van der Waals surface area (Å²) in [4.78, 5) is 0.